The van der Waals surface area contributed by atoms with Crippen LogP contribution in [-0.4, -0.2) is 35.4 Å². The molecule has 118 valence electrons. The van der Waals surface area contributed by atoms with Gasteiger partial charge in [0.2, 0.25) is 0 Å². The lowest BCUT2D eigenvalue weighted by Gasteiger charge is -2.13. The number of nitrogens with zero attached hydrogens (tertiary/aromatic N) is 1. The predicted molar refractivity (Wildman–Crippen MR) is 96.9 cm³/mol. The molecule has 1 amide bonds. The third-order valence-corrected chi connectivity index (χ3v) is 4.88. The van der Waals surface area contributed by atoms with Gasteiger partial charge < -0.3 is 4.74 Å². The number of rotatable bonds is 6. The van der Waals surface area contributed by atoms with Crippen molar-refractivity contribution in [2.24, 2.45) is 0 Å². The van der Waals surface area contributed by atoms with E-state index >= 15 is 0 Å². The van der Waals surface area contributed by atoms with Gasteiger partial charge in [0.15, 0.2) is 0 Å². The summed E-state index contributed by atoms with van der Waals surface area (Å²) in [6.45, 7) is 5.58. The van der Waals surface area contributed by atoms with Gasteiger partial charge in [0.05, 0.1) is 4.91 Å². The molecule has 1 aromatic carbocycles. The van der Waals surface area contributed by atoms with E-state index in [1.807, 2.05) is 18.2 Å². The molecule has 1 aromatic rings. The molecule has 1 heterocycles. The number of benzene rings is 1. The topological polar surface area (TPSA) is 29.5 Å². The molecule has 0 radical (unpaired) electrons. The highest BCUT2D eigenvalue weighted by atomic mass is 32.2. The van der Waals surface area contributed by atoms with Gasteiger partial charge in [-0.15, -0.1) is 0 Å². The molecule has 0 aliphatic carbocycles. The molecule has 22 heavy (non-hydrogen) atoms. The molecule has 3 nitrogen and oxygen atoms in total. The molecule has 1 fully saturated rings. The first kappa shape index (κ1) is 17.2. The lowest BCUT2D eigenvalue weighted by molar-refractivity contribution is -0.122. The van der Waals surface area contributed by atoms with Gasteiger partial charge in [0.1, 0.15) is 4.32 Å². The maximum atomic E-state index is 12.4. The van der Waals surface area contributed by atoms with E-state index in [-0.39, 0.29) is 5.91 Å². The number of carbonyl (C=O) groups excluding carboxylic acids is 1. The summed E-state index contributed by atoms with van der Waals surface area (Å²) >= 11 is 6.68. The quantitative estimate of drug-likeness (QED) is 0.446. The van der Waals surface area contributed by atoms with Gasteiger partial charge in [-0.2, -0.15) is 0 Å². The molecule has 0 N–H and O–H groups in total. The molecule has 0 unspecified atom stereocenters. The van der Waals surface area contributed by atoms with Crippen LogP contribution in [0.1, 0.15) is 37.3 Å². The minimum atomic E-state index is -0.000890. The number of hydrogen-bond acceptors (Lipinski definition) is 4. The van der Waals surface area contributed by atoms with Crippen LogP contribution in [0.25, 0.3) is 6.08 Å². The predicted octanol–water partition coefficient (Wildman–Crippen LogP) is 4.05. The summed E-state index contributed by atoms with van der Waals surface area (Å²) < 4.78 is 5.65. The summed E-state index contributed by atoms with van der Waals surface area (Å²) in [6.07, 6.45) is 2.71. The Hall–Kier alpha value is -1.17. The molecular formula is C17H21NO2S2. The number of ether oxygens (including phenoxy) is 1. The van der Waals surface area contributed by atoms with E-state index in [0.717, 1.165) is 12.0 Å². The van der Waals surface area contributed by atoms with Crippen LogP contribution in [-0.2, 0) is 9.53 Å². The van der Waals surface area contributed by atoms with Crippen molar-refractivity contribution in [3.8, 4) is 0 Å². The largest absolute Gasteiger partial charge is 0.385 e. The third-order valence-electron chi connectivity index (χ3n) is 3.50. The van der Waals surface area contributed by atoms with Crippen molar-refractivity contribution in [2.75, 3.05) is 20.3 Å². The third kappa shape index (κ3) is 4.18. The maximum absolute atomic E-state index is 12.4. The number of hydrogen-bond donors (Lipinski definition) is 0. The van der Waals surface area contributed by atoms with Gasteiger partial charge in [-0.25, -0.2) is 0 Å². The highest BCUT2D eigenvalue weighted by Gasteiger charge is 2.31. The van der Waals surface area contributed by atoms with E-state index in [1.165, 1.54) is 17.3 Å². The fourth-order valence-corrected chi connectivity index (χ4v) is 3.50. The molecule has 1 saturated heterocycles. The number of amides is 1. The summed E-state index contributed by atoms with van der Waals surface area (Å²) in [4.78, 5) is 14.8. The zero-order valence-electron chi connectivity index (χ0n) is 13.2. The second-order valence-electron chi connectivity index (χ2n) is 5.50. The second kappa shape index (κ2) is 7.90. The summed E-state index contributed by atoms with van der Waals surface area (Å²) in [5.74, 6) is 0.507. The van der Waals surface area contributed by atoms with Gasteiger partial charge in [0.25, 0.3) is 5.91 Å². The van der Waals surface area contributed by atoms with Crippen molar-refractivity contribution in [1.82, 2.24) is 4.90 Å². The molecule has 0 bridgehead atoms. The van der Waals surface area contributed by atoms with Crippen LogP contribution in [0, 0.1) is 0 Å². The Kier molecular flexibility index (Phi) is 6.17. The zero-order valence-corrected chi connectivity index (χ0v) is 14.8. The summed E-state index contributed by atoms with van der Waals surface area (Å²) in [5.41, 5.74) is 2.33. The molecular weight excluding hydrogens is 314 g/mol. The van der Waals surface area contributed by atoms with Crippen molar-refractivity contribution in [3.05, 3.63) is 40.3 Å². The van der Waals surface area contributed by atoms with Crippen molar-refractivity contribution in [1.29, 1.82) is 0 Å². The summed E-state index contributed by atoms with van der Waals surface area (Å²) in [7, 11) is 1.66. The fourth-order valence-electron chi connectivity index (χ4n) is 2.19. The first-order valence-electron chi connectivity index (χ1n) is 7.37. The fraction of sp³-hybridized carbons (Fsp3) is 0.412. The van der Waals surface area contributed by atoms with E-state index in [4.69, 9.17) is 17.0 Å². The Balaban J connectivity index is 2.08. The lowest BCUT2D eigenvalue weighted by Crippen LogP contribution is -2.29. The normalized spacial score (nSPS) is 17.1. The van der Waals surface area contributed by atoms with E-state index in [1.54, 1.807) is 12.0 Å². The Morgan fingerprint density at radius 2 is 2.00 bits per heavy atom. The van der Waals surface area contributed by atoms with Crippen molar-refractivity contribution < 1.29 is 9.53 Å². The van der Waals surface area contributed by atoms with Crippen LogP contribution in [0.3, 0.4) is 0 Å². The molecule has 0 spiro atoms. The average molecular weight is 335 g/mol. The summed E-state index contributed by atoms with van der Waals surface area (Å²) in [5, 5.41) is 0. The van der Waals surface area contributed by atoms with Gasteiger partial charge in [-0.05, 0) is 29.5 Å². The minimum Gasteiger partial charge on any atom is -0.385 e. The molecule has 0 aromatic heterocycles. The minimum absolute atomic E-state index is 0.000890. The number of thiocarbonyl (C=S) groups is 1. The van der Waals surface area contributed by atoms with Crippen LogP contribution in [0.5, 0.6) is 0 Å². The first-order valence-corrected chi connectivity index (χ1v) is 8.59. The molecule has 2 rings (SSSR count). The van der Waals surface area contributed by atoms with Crippen molar-refractivity contribution in [3.63, 3.8) is 0 Å². The van der Waals surface area contributed by atoms with E-state index < -0.39 is 0 Å². The first-order chi connectivity index (χ1) is 10.5. The summed E-state index contributed by atoms with van der Waals surface area (Å²) in [6, 6.07) is 8.31. The van der Waals surface area contributed by atoms with Gasteiger partial charge in [-0.3, -0.25) is 9.69 Å². The van der Waals surface area contributed by atoms with Crippen LogP contribution in [0.15, 0.2) is 29.2 Å². The van der Waals surface area contributed by atoms with Crippen LogP contribution < -0.4 is 0 Å². The Bertz CT molecular complexity index is 579. The van der Waals surface area contributed by atoms with E-state index in [0.29, 0.717) is 28.3 Å². The van der Waals surface area contributed by atoms with Crippen LogP contribution in [0.2, 0.25) is 0 Å². The standard InChI is InChI=1S/C17H21NO2S2/c1-12(2)14-7-5-13(6-8-14)11-15-16(19)18(17(21)22-15)9-4-10-20-3/h5-8,11-12H,4,9-10H2,1-3H3. The zero-order chi connectivity index (χ0) is 16.1. The molecule has 1 aliphatic rings. The van der Waals surface area contributed by atoms with E-state index in [9.17, 15) is 4.79 Å². The molecule has 0 saturated carbocycles. The van der Waals surface area contributed by atoms with Gasteiger partial charge in [0, 0.05) is 20.3 Å². The van der Waals surface area contributed by atoms with Gasteiger partial charge >= 0.3 is 0 Å². The Labute approximate surface area is 141 Å². The molecule has 0 atom stereocenters. The number of thioether (sulfide) groups is 1. The van der Waals surface area contributed by atoms with Crippen LogP contribution >= 0.6 is 24.0 Å². The lowest BCUT2D eigenvalue weighted by atomic mass is 10.0. The average Bonchev–Trinajstić information content (AvgIpc) is 2.75. The highest BCUT2D eigenvalue weighted by Crippen LogP contribution is 2.32. The number of carbonyl (C=O) groups is 1. The maximum Gasteiger partial charge on any atom is 0.266 e. The molecule has 5 heteroatoms. The Morgan fingerprint density at radius 1 is 1.32 bits per heavy atom. The highest BCUT2D eigenvalue weighted by molar-refractivity contribution is 8.26. The Morgan fingerprint density at radius 3 is 2.59 bits per heavy atom. The monoisotopic (exact) mass is 335 g/mol. The SMILES string of the molecule is COCCCN1C(=O)C(=Cc2ccc(C(C)C)cc2)SC1=S. The van der Waals surface area contributed by atoms with Gasteiger partial charge in [-0.1, -0.05) is 62.1 Å². The molecule has 1 aliphatic heterocycles. The smallest absolute Gasteiger partial charge is 0.266 e. The number of methoxy groups -OCH3 is 1. The van der Waals surface area contributed by atoms with Crippen molar-refractivity contribution in [2.45, 2.75) is 26.2 Å². The van der Waals surface area contributed by atoms with Crippen molar-refractivity contribution >= 4 is 40.3 Å². The van der Waals surface area contributed by atoms with E-state index in [2.05, 4.69) is 26.0 Å². The van der Waals surface area contributed by atoms with Crippen LogP contribution in [0.4, 0.5) is 0 Å². The second-order valence-corrected chi connectivity index (χ2v) is 7.18.